The van der Waals surface area contributed by atoms with Gasteiger partial charge >= 0.3 is 5.97 Å². The van der Waals surface area contributed by atoms with Crippen molar-refractivity contribution in [3.63, 3.8) is 0 Å². The maximum absolute atomic E-state index is 11.7. The predicted octanol–water partition coefficient (Wildman–Crippen LogP) is 3.67. The molecule has 0 radical (unpaired) electrons. The van der Waals surface area contributed by atoms with Crippen molar-refractivity contribution in [2.45, 2.75) is 63.6 Å². The van der Waals surface area contributed by atoms with Gasteiger partial charge in [0.1, 0.15) is 5.75 Å². The number of aliphatic hydroxyl groups is 1. The number of benzene rings is 1. The number of terminal acetylenes is 1. The fourth-order valence-electron chi connectivity index (χ4n) is 6.25. The molecular weight excluding hydrogens is 328 g/mol. The maximum Gasteiger partial charge on any atom is 0.304 e. The Bertz CT molecular complexity index is 794. The number of phenolic OH excluding ortho intramolecular Hbond substituents is 1. The van der Waals surface area contributed by atoms with E-state index in [-0.39, 0.29) is 17.1 Å². The Kier molecular flexibility index (Phi) is 3.86. The monoisotopic (exact) mass is 354 g/mol. The van der Waals surface area contributed by atoms with Gasteiger partial charge in [0.15, 0.2) is 5.60 Å². The van der Waals surface area contributed by atoms with Crippen LogP contribution in [0, 0.1) is 29.6 Å². The number of carbonyl (C=O) groups excluding carboxylic acids is 1. The molecule has 0 aromatic heterocycles. The van der Waals surface area contributed by atoms with Gasteiger partial charge in [-0.25, -0.2) is 0 Å². The molecule has 26 heavy (non-hydrogen) atoms. The fourth-order valence-corrected chi connectivity index (χ4v) is 6.25. The minimum atomic E-state index is -0.839. The van der Waals surface area contributed by atoms with Crippen LogP contribution in [0.3, 0.4) is 0 Å². The Morgan fingerprint density at radius 1 is 1.31 bits per heavy atom. The van der Waals surface area contributed by atoms with Crippen LogP contribution in [0.5, 0.6) is 5.75 Å². The molecule has 3 aliphatic carbocycles. The number of aliphatic hydroxyl groups excluding tert-OH is 1. The van der Waals surface area contributed by atoms with Gasteiger partial charge in [-0.1, -0.05) is 18.9 Å². The highest BCUT2D eigenvalue weighted by atomic mass is 16.6. The first kappa shape index (κ1) is 17.4. The highest BCUT2D eigenvalue weighted by molar-refractivity contribution is 5.67. The molecule has 2 saturated carbocycles. The standard InChI is InChI=1S/C22H26O4/c1-4-22(26-13(2)23)10-8-19-17-12-20(25)18-11-14(24)5-6-15(18)16(17)7-9-21(19,22)3/h1,5-6,11,16-17,19-20,24-25H,7-10,12H2,2-3H3/t16-,17-,19-,20?,21+,22-/m1/s1. The Balaban J connectivity index is 1.73. The van der Waals surface area contributed by atoms with Crippen LogP contribution in [0.25, 0.3) is 0 Å². The summed E-state index contributed by atoms with van der Waals surface area (Å²) in [6.45, 7) is 3.59. The largest absolute Gasteiger partial charge is 0.508 e. The SMILES string of the molecule is C#C[C@@]1(OC(C)=O)CC[C@@H]2[C@@H]3CC(O)c4cc(O)ccc4[C@H]3CC[C@@]21C. The van der Waals surface area contributed by atoms with E-state index in [1.165, 1.54) is 6.92 Å². The maximum atomic E-state index is 11.7. The van der Waals surface area contributed by atoms with Crippen molar-refractivity contribution in [2.24, 2.45) is 17.3 Å². The van der Waals surface area contributed by atoms with E-state index in [4.69, 9.17) is 11.2 Å². The normalized spacial score (nSPS) is 40.7. The number of phenols is 1. The number of hydrogen-bond acceptors (Lipinski definition) is 4. The van der Waals surface area contributed by atoms with Crippen LogP contribution in [-0.4, -0.2) is 21.8 Å². The first-order valence-electron chi connectivity index (χ1n) is 9.49. The fraction of sp³-hybridized carbons (Fsp3) is 0.591. The van der Waals surface area contributed by atoms with Crippen molar-refractivity contribution in [1.29, 1.82) is 0 Å². The number of fused-ring (bicyclic) bond motifs is 5. The van der Waals surface area contributed by atoms with Crippen LogP contribution in [0.15, 0.2) is 18.2 Å². The number of ether oxygens (including phenoxy) is 1. The van der Waals surface area contributed by atoms with Crippen LogP contribution in [0.4, 0.5) is 0 Å². The van der Waals surface area contributed by atoms with Crippen LogP contribution < -0.4 is 0 Å². The summed E-state index contributed by atoms with van der Waals surface area (Å²) in [5.41, 5.74) is 0.910. The number of rotatable bonds is 1. The van der Waals surface area contributed by atoms with Crippen LogP contribution in [0.1, 0.15) is 69.1 Å². The van der Waals surface area contributed by atoms with E-state index in [0.717, 1.165) is 30.4 Å². The van der Waals surface area contributed by atoms with E-state index in [9.17, 15) is 15.0 Å². The lowest BCUT2D eigenvalue weighted by Crippen LogP contribution is -2.52. The van der Waals surface area contributed by atoms with E-state index in [1.807, 2.05) is 6.07 Å². The molecule has 0 amide bonds. The van der Waals surface area contributed by atoms with E-state index in [0.29, 0.717) is 30.6 Å². The van der Waals surface area contributed by atoms with Gasteiger partial charge in [-0.15, -0.1) is 6.42 Å². The Labute approximate surface area is 154 Å². The molecule has 4 heteroatoms. The van der Waals surface area contributed by atoms with Gasteiger partial charge in [-0.05, 0) is 73.1 Å². The lowest BCUT2D eigenvalue weighted by molar-refractivity contribution is -0.166. The highest BCUT2D eigenvalue weighted by Gasteiger charge is 2.64. The van der Waals surface area contributed by atoms with Crippen molar-refractivity contribution in [1.82, 2.24) is 0 Å². The van der Waals surface area contributed by atoms with Gasteiger partial charge in [0.2, 0.25) is 0 Å². The first-order valence-corrected chi connectivity index (χ1v) is 9.49. The summed E-state index contributed by atoms with van der Waals surface area (Å²) < 4.78 is 5.74. The van der Waals surface area contributed by atoms with E-state index in [1.54, 1.807) is 12.1 Å². The third-order valence-corrected chi connectivity index (χ3v) is 7.43. The van der Waals surface area contributed by atoms with Crippen molar-refractivity contribution in [3.8, 4) is 18.1 Å². The highest BCUT2D eigenvalue weighted by Crippen LogP contribution is 2.66. The molecule has 138 valence electrons. The molecule has 0 heterocycles. The summed E-state index contributed by atoms with van der Waals surface area (Å²) in [6, 6.07) is 5.37. The Morgan fingerprint density at radius 3 is 2.77 bits per heavy atom. The molecule has 4 rings (SSSR count). The minimum absolute atomic E-state index is 0.198. The number of esters is 1. The molecule has 6 atom stereocenters. The second-order valence-corrected chi connectivity index (χ2v) is 8.50. The van der Waals surface area contributed by atoms with Gasteiger partial charge in [0, 0.05) is 12.3 Å². The summed E-state index contributed by atoms with van der Waals surface area (Å²) in [6.07, 6.45) is 9.43. The van der Waals surface area contributed by atoms with E-state index < -0.39 is 11.7 Å². The third kappa shape index (κ3) is 2.23. The zero-order valence-corrected chi connectivity index (χ0v) is 15.4. The molecule has 0 spiro atoms. The summed E-state index contributed by atoms with van der Waals surface area (Å²) in [4.78, 5) is 11.7. The van der Waals surface area contributed by atoms with Crippen LogP contribution in [-0.2, 0) is 9.53 Å². The lowest BCUT2D eigenvalue weighted by atomic mass is 9.53. The molecule has 1 aromatic rings. The van der Waals surface area contributed by atoms with Gasteiger partial charge in [0.05, 0.1) is 6.10 Å². The van der Waals surface area contributed by atoms with E-state index >= 15 is 0 Å². The zero-order valence-electron chi connectivity index (χ0n) is 15.4. The first-order chi connectivity index (χ1) is 12.3. The molecule has 3 aliphatic rings. The lowest BCUT2D eigenvalue weighted by Gasteiger charge is -2.53. The zero-order chi connectivity index (χ0) is 18.7. The summed E-state index contributed by atoms with van der Waals surface area (Å²) in [7, 11) is 0. The molecule has 0 aliphatic heterocycles. The topological polar surface area (TPSA) is 66.8 Å². The number of hydrogen-bond donors (Lipinski definition) is 2. The molecule has 4 nitrogen and oxygen atoms in total. The second-order valence-electron chi connectivity index (χ2n) is 8.50. The molecule has 2 fully saturated rings. The smallest absolute Gasteiger partial charge is 0.304 e. The van der Waals surface area contributed by atoms with Crippen molar-refractivity contribution in [2.75, 3.05) is 0 Å². The van der Waals surface area contributed by atoms with Crippen LogP contribution >= 0.6 is 0 Å². The molecular formula is C22H26O4. The average molecular weight is 354 g/mol. The Morgan fingerprint density at radius 2 is 2.08 bits per heavy atom. The molecule has 1 unspecified atom stereocenters. The predicted molar refractivity (Wildman–Crippen MR) is 97.3 cm³/mol. The third-order valence-electron chi connectivity index (χ3n) is 7.43. The van der Waals surface area contributed by atoms with Crippen LogP contribution in [0.2, 0.25) is 0 Å². The molecule has 2 N–H and O–H groups in total. The van der Waals surface area contributed by atoms with Crippen molar-refractivity contribution in [3.05, 3.63) is 29.3 Å². The molecule has 0 bridgehead atoms. The second kappa shape index (κ2) is 5.76. The number of aromatic hydroxyl groups is 1. The van der Waals surface area contributed by atoms with E-state index in [2.05, 4.69) is 12.8 Å². The van der Waals surface area contributed by atoms with Crippen molar-refractivity contribution < 1.29 is 19.7 Å². The van der Waals surface area contributed by atoms with Crippen molar-refractivity contribution >= 4 is 5.97 Å². The average Bonchev–Trinajstić information content (AvgIpc) is 2.88. The van der Waals surface area contributed by atoms with Gasteiger partial charge in [-0.2, -0.15) is 0 Å². The Hall–Kier alpha value is -1.99. The summed E-state index contributed by atoms with van der Waals surface area (Å²) in [5, 5.41) is 20.5. The number of carbonyl (C=O) groups is 1. The minimum Gasteiger partial charge on any atom is -0.508 e. The molecule has 0 saturated heterocycles. The quantitative estimate of drug-likeness (QED) is 0.596. The molecule has 1 aromatic carbocycles. The summed E-state index contributed by atoms with van der Waals surface area (Å²) in [5.74, 6) is 3.70. The van der Waals surface area contributed by atoms with Gasteiger partial charge in [0.25, 0.3) is 0 Å². The summed E-state index contributed by atoms with van der Waals surface area (Å²) >= 11 is 0. The van der Waals surface area contributed by atoms with Gasteiger partial charge < -0.3 is 14.9 Å². The van der Waals surface area contributed by atoms with Gasteiger partial charge in [-0.3, -0.25) is 4.79 Å².